The fraction of sp³-hybridized carbons (Fsp3) is 0.500. The number of rotatable bonds is 10. The van der Waals surface area contributed by atoms with Crippen LogP contribution >= 0.6 is 0 Å². The van der Waals surface area contributed by atoms with Crippen LogP contribution in [0.1, 0.15) is 68.3 Å². The van der Waals surface area contributed by atoms with Crippen molar-refractivity contribution in [3.63, 3.8) is 0 Å². The van der Waals surface area contributed by atoms with E-state index < -0.39 is 11.7 Å². The molecule has 1 aromatic heterocycles. The first-order chi connectivity index (χ1) is 20.9. The van der Waals surface area contributed by atoms with Crippen molar-refractivity contribution >= 4 is 40.8 Å². The van der Waals surface area contributed by atoms with Crippen LogP contribution in [0.5, 0.6) is 5.75 Å². The third-order valence-electron chi connectivity index (χ3n) is 8.87. The number of nitrogens with one attached hydrogen (secondary N) is 3. The van der Waals surface area contributed by atoms with Gasteiger partial charge in [0.1, 0.15) is 11.6 Å². The molecule has 43 heavy (non-hydrogen) atoms. The van der Waals surface area contributed by atoms with Gasteiger partial charge >= 0.3 is 0 Å². The number of hydrogen-bond donors (Lipinski definition) is 4. The van der Waals surface area contributed by atoms with Crippen LogP contribution in [0.4, 0.5) is 17.2 Å². The van der Waals surface area contributed by atoms with Crippen molar-refractivity contribution in [2.24, 2.45) is 22.1 Å². The summed E-state index contributed by atoms with van der Waals surface area (Å²) in [5.74, 6) is -0.305. The lowest BCUT2D eigenvalue weighted by Crippen LogP contribution is -2.58. The zero-order valence-electron chi connectivity index (χ0n) is 25.4. The molecular formula is C32H42N6O5. The van der Waals surface area contributed by atoms with E-state index in [0.717, 1.165) is 43.2 Å². The Labute approximate surface area is 252 Å². The van der Waals surface area contributed by atoms with Crippen LogP contribution in [0, 0.1) is 11.3 Å². The van der Waals surface area contributed by atoms with Gasteiger partial charge < -0.3 is 35.9 Å². The number of benzene rings is 1. The van der Waals surface area contributed by atoms with E-state index in [1.807, 2.05) is 38.2 Å². The number of aliphatic imine (C=N–C) groups is 1. The van der Waals surface area contributed by atoms with Crippen molar-refractivity contribution < 1.29 is 23.8 Å². The average Bonchev–Trinajstić information content (AvgIpc) is 3.57. The van der Waals surface area contributed by atoms with Gasteiger partial charge in [-0.25, -0.2) is 4.98 Å². The Morgan fingerprint density at radius 1 is 1.14 bits per heavy atom. The predicted molar refractivity (Wildman–Crippen MR) is 167 cm³/mol. The SMILES string of the molecule is CC.CN=C/C(=C\NC1CCC12OCCO2)c1cccc(Nc2cc(NC(=O)C3CC34CCC4)ncc2C(N)=O)c1OC. The van der Waals surface area contributed by atoms with Gasteiger partial charge in [0.15, 0.2) is 5.79 Å². The summed E-state index contributed by atoms with van der Waals surface area (Å²) >= 11 is 0. The first-order valence-electron chi connectivity index (χ1n) is 15.1. The van der Waals surface area contributed by atoms with Gasteiger partial charge in [0.2, 0.25) is 5.91 Å². The molecule has 4 aliphatic rings. The van der Waals surface area contributed by atoms with Crippen molar-refractivity contribution in [2.75, 3.05) is 38.0 Å². The quantitative estimate of drug-likeness (QED) is 0.293. The summed E-state index contributed by atoms with van der Waals surface area (Å²) in [6.07, 6.45) is 11.2. The summed E-state index contributed by atoms with van der Waals surface area (Å²) in [5.41, 5.74) is 8.64. The highest BCUT2D eigenvalue weighted by molar-refractivity contribution is 6.11. The van der Waals surface area contributed by atoms with Gasteiger partial charge in [-0.3, -0.25) is 14.6 Å². The van der Waals surface area contributed by atoms with Crippen molar-refractivity contribution in [2.45, 2.75) is 64.2 Å². The second kappa shape index (κ2) is 12.7. The monoisotopic (exact) mass is 590 g/mol. The van der Waals surface area contributed by atoms with Crippen LogP contribution in [0.25, 0.3) is 5.57 Å². The summed E-state index contributed by atoms with van der Waals surface area (Å²) in [6, 6.07) is 7.31. The molecule has 11 heteroatoms. The fourth-order valence-corrected chi connectivity index (χ4v) is 6.23. The Hall–Kier alpha value is -3.96. The minimum atomic E-state index is -0.641. The molecule has 4 fully saturated rings. The summed E-state index contributed by atoms with van der Waals surface area (Å²) in [7, 11) is 3.29. The topological polar surface area (TPSA) is 149 Å². The summed E-state index contributed by atoms with van der Waals surface area (Å²) in [6.45, 7) is 5.20. The normalized spacial score (nSPS) is 22.7. The van der Waals surface area contributed by atoms with Crippen LogP contribution in [-0.4, -0.2) is 62.2 Å². The standard InChI is InChI=1S/C30H36N6O5.C2H6/c1-32-15-18(16-33-24-7-10-30(24)40-11-12-41-30)19-5-3-6-22(26(19)39-2)35-23-13-25(34-17-20(23)27(31)37)36-28(38)21-14-29(21)8-4-9-29;1-2/h3,5-6,13,15-17,21,24,33H,4,7-12,14H2,1-2H3,(H2,31,37)(H2,34,35,36,38);1-2H3/b18-16+,32-15?;. The molecule has 6 rings (SSSR count). The largest absolute Gasteiger partial charge is 0.494 e. The number of carbonyl (C=O) groups is 2. The van der Waals surface area contributed by atoms with Gasteiger partial charge in [-0.2, -0.15) is 0 Å². The first-order valence-corrected chi connectivity index (χ1v) is 15.1. The van der Waals surface area contributed by atoms with Gasteiger partial charge in [-0.15, -0.1) is 0 Å². The number of para-hydroxylation sites is 1. The van der Waals surface area contributed by atoms with Crippen LogP contribution < -0.4 is 26.4 Å². The number of hydrogen-bond acceptors (Lipinski definition) is 9. The van der Waals surface area contributed by atoms with Crippen molar-refractivity contribution in [3.8, 4) is 5.75 Å². The van der Waals surface area contributed by atoms with Gasteiger partial charge in [0.05, 0.1) is 43.3 Å². The van der Waals surface area contributed by atoms with Gasteiger partial charge in [-0.05, 0) is 37.2 Å². The first kappa shape index (κ1) is 30.5. The van der Waals surface area contributed by atoms with E-state index in [9.17, 15) is 9.59 Å². The van der Waals surface area contributed by atoms with Crippen LogP contribution in [0.2, 0.25) is 0 Å². The molecule has 5 N–H and O–H groups in total. The molecule has 2 aromatic rings. The van der Waals surface area contributed by atoms with E-state index in [1.165, 1.54) is 12.6 Å². The second-order valence-electron chi connectivity index (χ2n) is 11.2. The second-order valence-corrected chi connectivity index (χ2v) is 11.2. The number of ether oxygens (including phenoxy) is 3. The van der Waals surface area contributed by atoms with E-state index in [1.54, 1.807) is 26.4 Å². The molecular weight excluding hydrogens is 548 g/mol. The van der Waals surface area contributed by atoms with Crippen molar-refractivity contribution in [3.05, 3.63) is 47.8 Å². The number of pyridine rings is 1. The molecule has 2 atom stereocenters. The molecule has 0 bridgehead atoms. The number of nitrogens with zero attached hydrogens (tertiary/aromatic N) is 2. The van der Waals surface area contributed by atoms with Gasteiger partial charge in [-0.1, -0.05) is 32.4 Å². The highest BCUT2D eigenvalue weighted by Gasteiger charge is 2.61. The molecule has 230 valence electrons. The lowest BCUT2D eigenvalue weighted by atomic mass is 9.80. The molecule has 1 aliphatic heterocycles. The molecule has 2 amide bonds. The Morgan fingerprint density at radius 3 is 2.49 bits per heavy atom. The highest BCUT2D eigenvalue weighted by atomic mass is 16.7. The van der Waals surface area contributed by atoms with Crippen LogP contribution in [0.15, 0.2) is 41.7 Å². The molecule has 2 heterocycles. The number of primary amides is 1. The Kier molecular flexibility index (Phi) is 9.03. The molecule has 1 aromatic carbocycles. The molecule has 3 aliphatic carbocycles. The minimum Gasteiger partial charge on any atom is -0.494 e. The average molecular weight is 591 g/mol. The molecule has 11 nitrogen and oxygen atoms in total. The van der Waals surface area contributed by atoms with Gasteiger partial charge in [0.25, 0.3) is 5.91 Å². The summed E-state index contributed by atoms with van der Waals surface area (Å²) < 4.78 is 17.6. The lowest BCUT2D eigenvalue weighted by molar-refractivity contribution is -0.225. The Bertz CT molecular complexity index is 1410. The lowest BCUT2D eigenvalue weighted by Gasteiger charge is -2.44. The number of carbonyl (C=O) groups excluding carboxylic acids is 2. The minimum absolute atomic E-state index is 0.0302. The molecule has 0 radical (unpaired) electrons. The maximum Gasteiger partial charge on any atom is 0.252 e. The number of allylic oxidation sites excluding steroid dienone is 1. The van der Waals surface area contributed by atoms with E-state index >= 15 is 0 Å². The smallest absolute Gasteiger partial charge is 0.252 e. The number of amides is 2. The number of aromatic nitrogens is 1. The van der Waals surface area contributed by atoms with Crippen molar-refractivity contribution in [1.82, 2.24) is 10.3 Å². The highest BCUT2D eigenvalue weighted by Crippen LogP contribution is 2.65. The number of anilines is 3. The Balaban J connectivity index is 0.00000180. The van der Waals surface area contributed by atoms with Gasteiger partial charge in [0, 0.05) is 55.2 Å². The molecule has 3 saturated carbocycles. The zero-order chi connectivity index (χ0) is 30.6. The van der Waals surface area contributed by atoms with E-state index in [0.29, 0.717) is 36.2 Å². The number of methoxy groups -OCH3 is 1. The van der Waals surface area contributed by atoms with E-state index in [2.05, 4.69) is 25.9 Å². The maximum absolute atomic E-state index is 12.8. The maximum atomic E-state index is 12.8. The van der Waals surface area contributed by atoms with Crippen molar-refractivity contribution in [1.29, 1.82) is 0 Å². The molecule has 1 saturated heterocycles. The fourth-order valence-electron chi connectivity index (χ4n) is 6.23. The third kappa shape index (κ3) is 5.96. The number of nitrogens with two attached hydrogens (primary N) is 1. The molecule has 2 unspecified atom stereocenters. The summed E-state index contributed by atoms with van der Waals surface area (Å²) in [5, 5.41) is 9.65. The third-order valence-corrected chi connectivity index (χ3v) is 8.87. The van der Waals surface area contributed by atoms with E-state index in [-0.39, 0.29) is 28.8 Å². The molecule has 2 spiro atoms. The van der Waals surface area contributed by atoms with E-state index in [4.69, 9.17) is 19.9 Å². The van der Waals surface area contributed by atoms with Crippen LogP contribution in [-0.2, 0) is 14.3 Å². The zero-order valence-corrected chi connectivity index (χ0v) is 25.4. The predicted octanol–water partition coefficient (Wildman–Crippen LogP) is 4.62. The Morgan fingerprint density at radius 2 is 1.91 bits per heavy atom. The summed E-state index contributed by atoms with van der Waals surface area (Å²) in [4.78, 5) is 33.6. The van der Waals surface area contributed by atoms with Crippen LogP contribution in [0.3, 0.4) is 0 Å².